The number of rotatable bonds is 4. The number of hydrogen-bond acceptors (Lipinski definition) is 2. The minimum absolute atomic E-state index is 0.725. The molecule has 0 amide bonds. The summed E-state index contributed by atoms with van der Waals surface area (Å²) in [5.41, 5.74) is 1.91. The average Bonchev–Trinajstić information content (AvgIpc) is 2.73. The largest absolute Gasteiger partial charge is 0.496 e. The quantitative estimate of drug-likeness (QED) is 0.469. The second kappa shape index (κ2) is 7.14. The van der Waals surface area contributed by atoms with Gasteiger partial charge in [-0.1, -0.05) is 66.7 Å². The van der Waals surface area contributed by atoms with Gasteiger partial charge in [-0.05, 0) is 40.6 Å². The molecule has 128 valence electrons. The number of benzene rings is 4. The zero-order chi connectivity index (χ0) is 17.9. The van der Waals surface area contributed by atoms with E-state index in [2.05, 4.69) is 24.3 Å². The molecular formula is C23H18O2S. The summed E-state index contributed by atoms with van der Waals surface area (Å²) in [6.45, 7) is 0. The van der Waals surface area contributed by atoms with Crippen LogP contribution in [0.15, 0.2) is 101 Å². The number of ether oxygens (including phenoxy) is 1. The molecule has 0 bridgehead atoms. The standard InChI is InChI=1S/C23H18O2S/c1-25-21-15-8-16-22(26(24)18-11-3-2-4-12-18)23(21)20-14-7-10-17-9-5-6-13-19(17)20/h2-16H,1H3. The third-order valence-corrected chi connectivity index (χ3v) is 5.86. The van der Waals surface area contributed by atoms with E-state index in [4.69, 9.17) is 4.74 Å². The average molecular weight is 358 g/mol. The second-order valence-corrected chi connectivity index (χ2v) is 7.39. The molecule has 3 heteroatoms. The topological polar surface area (TPSA) is 26.3 Å². The first-order valence-corrected chi connectivity index (χ1v) is 9.56. The summed E-state index contributed by atoms with van der Waals surface area (Å²) >= 11 is 0. The van der Waals surface area contributed by atoms with Gasteiger partial charge in [0.15, 0.2) is 0 Å². The van der Waals surface area contributed by atoms with Crippen molar-refractivity contribution in [3.63, 3.8) is 0 Å². The van der Waals surface area contributed by atoms with Crippen LogP contribution in [0.4, 0.5) is 0 Å². The van der Waals surface area contributed by atoms with Crippen molar-refractivity contribution in [2.24, 2.45) is 0 Å². The second-order valence-electron chi connectivity index (χ2n) is 5.94. The Morgan fingerprint density at radius 3 is 2.23 bits per heavy atom. The first-order valence-electron chi connectivity index (χ1n) is 8.41. The van der Waals surface area contributed by atoms with Gasteiger partial charge < -0.3 is 4.74 Å². The minimum atomic E-state index is -1.29. The first kappa shape index (κ1) is 16.6. The molecule has 0 saturated carbocycles. The van der Waals surface area contributed by atoms with Crippen molar-refractivity contribution in [1.29, 1.82) is 0 Å². The molecule has 0 heterocycles. The Morgan fingerprint density at radius 1 is 0.731 bits per heavy atom. The molecule has 0 aliphatic carbocycles. The Bertz CT molecular complexity index is 1080. The van der Waals surface area contributed by atoms with Gasteiger partial charge in [0.25, 0.3) is 0 Å². The van der Waals surface area contributed by atoms with Crippen molar-refractivity contribution in [2.75, 3.05) is 7.11 Å². The fourth-order valence-corrected chi connectivity index (χ4v) is 4.47. The molecule has 4 aromatic carbocycles. The third-order valence-electron chi connectivity index (χ3n) is 4.42. The lowest BCUT2D eigenvalue weighted by molar-refractivity contribution is 0.415. The van der Waals surface area contributed by atoms with Gasteiger partial charge in [0.1, 0.15) is 5.75 Å². The molecule has 0 spiro atoms. The number of hydrogen-bond donors (Lipinski definition) is 0. The van der Waals surface area contributed by atoms with E-state index in [0.717, 1.165) is 37.4 Å². The number of methoxy groups -OCH3 is 1. The van der Waals surface area contributed by atoms with Crippen molar-refractivity contribution < 1.29 is 8.95 Å². The fraction of sp³-hybridized carbons (Fsp3) is 0.0435. The van der Waals surface area contributed by atoms with Gasteiger partial charge in [-0.25, -0.2) is 4.21 Å². The highest BCUT2D eigenvalue weighted by molar-refractivity contribution is 7.85. The van der Waals surface area contributed by atoms with Crippen molar-refractivity contribution >= 4 is 21.6 Å². The minimum Gasteiger partial charge on any atom is -0.496 e. The first-order chi connectivity index (χ1) is 12.8. The van der Waals surface area contributed by atoms with Crippen molar-refractivity contribution in [2.45, 2.75) is 9.79 Å². The van der Waals surface area contributed by atoms with Crippen molar-refractivity contribution in [3.8, 4) is 16.9 Å². The monoisotopic (exact) mass is 358 g/mol. The summed E-state index contributed by atoms with van der Waals surface area (Å²) in [5, 5.41) is 2.26. The highest BCUT2D eigenvalue weighted by atomic mass is 32.2. The molecular weight excluding hydrogens is 340 g/mol. The third kappa shape index (κ3) is 2.91. The van der Waals surface area contributed by atoms with Gasteiger partial charge in [-0.3, -0.25) is 0 Å². The predicted molar refractivity (Wildman–Crippen MR) is 107 cm³/mol. The lowest BCUT2D eigenvalue weighted by atomic mass is 9.97. The maximum Gasteiger partial charge on any atom is 0.127 e. The van der Waals surface area contributed by atoms with Gasteiger partial charge in [0, 0.05) is 10.5 Å². The SMILES string of the molecule is COc1cccc(S(=O)c2ccccc2)c1-c1cccc2ccccc12. The molecule has 4 rings (SSSR count). The van der Waals surface area contributed by atoms with Crippen LogP contribution in [-0.2, 0) is 10.8 Å². The molecule has 0 aliphatic heterocycles. The van der Waals surface area contributed by atoms with Crippen molar-refractivity contribution in [1.82, 2.24) is 0 Å². The van der Waals surface area contributed by atoms with Crippen LogP contribution < -0.4 is 4.74 Å². The molecule has 2 nitrogen and oxygen atoms in total. The van der Waals surface area contributed by atoms with E-state index in [9.17, 15) is 4.21 Å². The molecule has 1 unspecified atom stereocenters. The lowest BCUT2D eigenvalue weighted by Gasteiger charge is -2.16. The zero-order valence-corrected chi connectivity index (χ0v) is 15.2. The molecule has 0 radical (unpaired) electrons. The molecule has 0 saturated heterocycles. The van der Waals surface area contributed by atoms with Crippen LogP contribution in [0.3, 0.4) is 0 Å². The van der Waals surface area contributed by atoms with Gasteiger partial charge in [-0.2, -0.15) is 0 Å². The summed E-state index contributed by atoms with van der Waals surface area (Å²) in [7, 11) is 0.358. The van der Waals surface area contributed by atoms with Gasteiger partial charge in [0.2, 0.25) is 0 Å². The Labute approximate surface area is 155 Å². The molecule has 0 N–H and O–H groups in total. The predicted octanol–water partition coefficient (Wildman–Crippen LogP) is 5.68. The Balaban J connectivity index is 2.00. The van der Waals surface area contributed by atoms with Crippen molar-refractivity contribution in [3.05, 3.63) is 91.0 Å². The van der Waals surface area contributed by atoms with E-state index in [1.165, 1.54) is 0 Å². The van der Waals surface area contributed by atoms with Gasteiger partial charge in [-0.15, -0.1) is 0 Å². The van der Waals surface area contributed by atoms with E-state index < -0.39 is 10.8 Å². The van der Waals surface area contributed by atoms with Gasteiger partial charge >= 0.3 is 0 Å². The van der Waals surface area contributed by atoms with E-state index in [1.807, 2.05) is 66.7 Å². The lowest BCUT2D eigenvalue weighted by Crippen LogP contribution is -1.99. The highest BCUT2D eigenvalue weighted by Crippen LogP contribution is 2.40. The maximum atomic E-state index is 13.3. The molecule has 4 aromatic rings. The Kier molecular flexibility index (Phi) is 4.55. The van der Waals surface area contributed by atoms with Crippen LogP contribution in [0.2, 0.25) is 0 Å². The zero-order valence-electron chi connectivity index (χ0n) is 14.4. The van der Waals surface area contributed by atoms with E-state index in [-0.39, 0.29) is 0 Å². The van der Waals surface area contributed by atoms with Crippen LogP contribution in [0.25, 0.3) is 21.9 Å². The summed E-state index contributed by atoms with van der Waals surface area (Å²) in [6.07, 6.45) is 0. The molecule has 1 atom stereocenters. The van der Waals surface area contributed by atoms with Gasteiger partial charge in [0.05, 0.1) is 22.8 Å². The molecule has 26 heavy (non-hydrogen) atoms. The van der Waals surface area contributed by atoms with E-state index in [0.29, 0.717) is 0 Å². The summed E-state index contributed by atoms with van der Waals surface area (Å²) in [5.74, 6) is 0.725. The van der Waals surface area contributed by atoms with Crippen LogP contribution >= 0.6 is 0 Å². The van der Waals surface area contributed by atoms with Crippen LogP contribution in [0.1, 0.15) is 0 Å². The smallest absolute Gasteiger partial charge is 0.127 e. The van der Waals surface area contributed by atoms with E-state index >= 15 is 0 Å². The molecule has 0 aromatic heterocycles. The summed E-state index contributed by atoms with van der Waals surface area (Å²) in [6, 6.07) is 29.7. The Hall–Kier alpha value is -2.91. The van der Waals surface area contributed by atoms with Crippen LogP contribution in [0, 0.1) is 0 Å². The molecule has 0 fully saturated rings. The number of fused-ring (bicyclic) bond motifs is 1. The van der Waals surface area contributed by atoms with Crippen LogP contribution in [0.5, 0.6) is 5.75 Å². The Morgan fingerprint density at radius 2 is 1.42 bits per heavy atom. The summed E-state index contributed by atoms with van der Waals surface area (Å²) in [4.78, 5) is 1.54. The molecule has 0 aliphatic rings. The maximum absolute atomic E-state index is 13.3. The normalized spacial score (nSPS) is 12.0. The van der Waals surface area contributed by atoms with E-state index in [1.54, 1.807) is 7.11 Å². The highest BCUT2D eigenvalue weighted by Gasteiger charge is 2.19. The van der Waals surface area contributed by atoms with Crippen LogP contribution in [-0.4, -0.2) is 11.3 Å². The fourth-order valence-electron chi connectivity index (χ4n) is 3.22. The summed E-state index contributed by atoms with van der Waals surface area (Å²) < 4.78 is 18.9.